The van der Waals surface area contributed by atoms with Gasteiger partial charge in [0.2, 0.25) is 5.91 Å². The average molecular weight is 254 g/mol. The Bertz CT molecular complexity index is 420. The molecular weight excluding hydrogens is 239 g/mol. The molecule has 0 heterocycles. The van der Waals surface area contributed by atoms with Gasteiger partial charge in [0, 0.05) is 6.54 Å². The van der Waals surface area contributed by atoms with Crippen LogP contribution in [0.2, 0.25) is 0 Å². The van der Waals surface area contributed by atoms with Crippen molar-refractivity contribution in [1.82, 2.24) is 5.32 Å². The van der Waals surface area contributed by atoms with Crippen LogP contribution in [0.1, 0.15) is 12.0 Å². The smallest absolute Gasteiger partial charge is 0.321 e. The molecule has 0 saturated heterocycles. The van der Waals surface area contributed by atoms with Crippen molar-refractivity contribution >= 4 is 11.9 Å². The molecule has 0 radical (unpaired) electrons. The minimum absolute atomic E-state index is 0.251. The van der Waals surface area contributed by atoms with Crippen molar-refractivity contribution in [2.75, 3.05) is 6.54 Å². The van der Waals surface area contributed by atoms with E-state index >= 15 is 0 Å². The third-order valence-electron chi connectivity index (χ3n) is 2.37. The van der Waals surface area contributed by atoms with Crippen LogP contribution in [0.25, 0.3) is 0 Å². The highest BCUT2D eigenvalue weighted by atomic mass is 19.1. The van der Waals surface area contributed by atoms with Gasteiger partial charge in [0.25, 0.3) is 0 Å². The van der Waals surface area contributed by atoms with Gasteiger partial charge in [0.15, 0.2) is 0 Å². The number of carbonyl (C=O) groups excluding carboxylic acids is 1. The SMILES string of the molecule is NC(CC(=O)NCCc1ccc(F)cc1)C(=O)O. The van der Waals surface area contributed by atoms with Crippen molar-refractivity contribution in [3.63, 3.8) is 0 Å². The Balaban J connectivity index is 2.27. The van der Waals surface area contributed by atoms with Gasteiger partial charge in [0.1, 0.15) is 11.9 Å². The Morgan fingerprint density at radius 1 is 1.33 bits per heavy atom. The van der Waals surface area contributed by atoms with Crippen LogP contribution in [-0.4, -0.2) is 29.6 Å². The first-order chi connectivity index (χ1) is 8.49. The molecule has 1 unspecified atom stereocenters. The van der Waals surface area contributed by atoms with Crippen molar-refractivity contribution in [2.45, 2.75) is 18.9 Å². The second-order valence-corrected chi connectivity index (χ2v) is 3.88. The molecule has 1 rings (SSSR count). The molecule has 1 amide bonds. The number of rotatable bonds is 6. The number of hydrogen-bond acceptors (Lipinski definition) is 3. The summed E-state index contributed by atoms with van der Waals surface area (Å²) in [5.41, 5.74) is 6.10. The van der Waals surface area contributed by atoms with Crippen LogP contribution in [0.5, 0.6) is 0 Å². The lowest BCUT2D eigenvalue weighted by atomic mass is 10.1. The fraction of sp³-hybridized carbons (Fsp3) is 0.333. The van der Waals surface area contributed by atoms with E-state index < -0.39 is 17.9 Å². The summed E-state index contributed by atoms with van der Waals surface area (Å²) in [6.07, 6.45) is 0.299. The standard InChI is InChI=1S/C12H15FN2O3/c13-9-3-1-8(2-4-9)5-6-15-11(16)7-10(14)12(17)18/h1-4,10H,5-7,14H2,(H,15,16)(H,17,18). The molecule has 1 atom stereocenters. The number of benzene rings is 1. The summed E-state index contributed by atoms with van der Waals surface area (Å²) in [5, 5.41) is 11.1. The molecule has 0 aliphatic carbocycles. The summed E-state index contributed by atoms with van der Waals surface area (Å²) in [6, 6.07) is 4.76. The number of halogens is 1. The lowest BCUT2D eigenvalue weighted by molar-refractivity contribution is -0.140. The van der Waals surface area contributed by atoms with E-state index in [2.05, 4.69) is 5.32 Å². The van der Waals surface area contributed by atoms with E-state index in [0.29, 0.717) is 13.0 Å². The van der Waals surface area contributed by atoms with Crippen molar-refractivity contribution < 1.29 is 19.1 Å². The van der Waals surface area contributed by atoms with Crippen molar-refractivity contribution in [1.29, 1.82) is 0 Å². The fourth-order valence-electron chi connectivity index (χ4n) is 1.36. The molecule has 6 heteroatoms. The number of amides is 1. The molecule has 4 N–H and O–H groups in total. The highest BCUT2D eigenvalue weighted by molar-refractivity contribution is 5.84. The van der Waals surface area contributed by atoms with Crippen LogP contribution in [-0.2, 0) is 16.0 Å². The molecule has 0 aliphatic rings. The maximum Gasteiger partial charge on any atom is 0.321 e. The van der Waals surface area contributed by atoms with Gasteiger partial charge in [-0.2, -0.15) is 0 Å². The van der Waals surface area contributed by atoms with E-state index in [1.807, 2.05) is 0 Å². The summed E-state index contributed by atoms with van der Waals surface area (Å²) in [5.74, 6) is -1.93. The Morgan fingerprint density at radius 3 is 2.50 bits per heavy atom. The maximum atomic E-state index is 12.6. The number of nitrogens with two attached hydrogens (primary N) is 1. The highest BCUT2D eigenvalue weighted by Crippen LogP contribution is 2.02. The third-order valence-corrected chi connectivity index (χ3v) is 2.37. The molecule has 5 nitrogen and oxygen atoms in total. The van der Waals surface area contributed by atoms with Crippen molar-refractivity contribution in [3.05, 3.63) is 35.6 Å². The lowest BCUT2D eigenvalue weighted by Gasteiger charge is -2.07. The van der Waals surface area contributed by atoms with E-state index in [4.69, 9.17) is 10.8 Å². The normalized spacial score (nSPS) is 11.9. The zero-order valence-electron chi connectivity index (χ0n) is 9.73. The molecule has 0 fully saturated rings. The number of carboxylic acid groups (broad SMARTS) is 1. The Morgan fingerprint density at radius 2 is 1.94 bits per heavy atom. The topological polar surface area (TPSA) is 92.4 Å². The molecule has 98 valence electrons. The van der Waals surface area contributed by atoms with Gasteiger partial charge in [0.05, 0.1) is 6.42 Å². The molecule has 1 aromatic carbocycles. The van der Waals surface area contributed by atoms with E-state index in [0.717, 1.165) is 5.56 Å². The predicted molar refractivity (Wildman–Crippen MR) is 63.3 cm³/mol. The summed E-state index contributed by atoms with van der Waals surface area (Å²) >= 11 is 0. The largest absolute Gasteiger partial charge is 0.480 e. The molecule has 0 saturated carbocycles. The van der Waals surface area contributed by atoms with Gasteiger partial charge >= 0.3 is 5.97 Å². The maximum absolute atomic E-state index is 12.6. The second-order valence-electron chi connectivity index (χ2n) is 3.88. The zero-order valence-corrected chi connectivity index (χ0v) is 9.73. The van der Waals surface area contributed by atoms with Gasteiger partial charge in [-0.15, -0.1) is 0 Å². The number of aliphatic carboxylic acids is 1. The Hall–Kier alpha value is -1.95. The summed E-state index contributed by atoms with van der Waals surface area (Å²) in [4.78, 5) is 21.7. The average Bonchev–Trinajstić information content (AvgIpc) is 2.31. The molecule has 1 aromatic rings. The van der Waals surface area contributed by atoms with Crippen LogP contribution in [0.3, 0.4) is 0 Å². The Labute approximate surface area is 104 Å². The molecular formula is C12H15FN2O3. The number of nitrogens with one attached hydrogen (secondary N) is 1. The molecule has 18 heavy (non-hydrogen) atoms. The van der Waals surface area contributed by atoms with Crippen LogP contribution in [0.15, 0.2) is 24.3 Å². The van der Waals surface area contributed by atoms with Gasteiger partial charge < -0.3 is 16.2 Å². The van der Waals surface area contributed by atoms with E-state index in [-0.39, 0.29) is 12.2 Å². The first kappa shape index (κ1) is 14.1. The van der Waals surface area contributed by atoms with Crippen molar-refractivity contribution in [2.24, 2.45) is 5.73 Å². The summed E-state index contributed by atoms with van der Waals surface area (Å²) in [6.45, 7) is 0.358. The van der Waals surface area contributed by atoms with E-state index in [1.165, 1.54) is 12.1 Å². The number of hydrogen-bond donors (Lipinski definition) is 3. The van der Waals surface area contributed by atoms with Gasteiger partial charge in [-0.25, -0.2) is 4.39 Å². The number of carboxylic acids is 1. The first-order valence-electron chi connectivity index (χ1n) is 5.48. The van der Waals surface area contributed by atoms with Gasteiger partial charge in [-0.05, 0) is 24.1 Å². The summed E-state index contributed by atoms with van der Waals surface area (Å²) < 4.78 is 12.6. The quantitative estimate of drug-likeness (QED) is 0.680. The van der Waals surface area contributed by atoms with Gasteiger partial charge in [-0.3, -0.25) is 9.59 Å². The number of carbonyl (C=O) groups is 2. The molecule has 0 spiro atoms. The van der Waals surface area contributed by atoms with Gasteiger partial charge in [-0.1, -0.05) is 12.1 Å². The minimum atomic E-state index is -1.20. The van der Waals surface area contributed by atoms with E-state index in [9.17, 15) is 14.0 Å². The first-order valence-corrected chi connectivity index (χ1v) is 5.48. The second kappa shape index (κ2) is 6.70. The third kappa shape index (κ3) is 4.92. The Kier molecular flexibility index (Phi) is 5.26. The predicted octanol–water partition coefficient (Wildman–Crippen LogP) is 0.286. The van der Waals surface area contributed by atoms with Crippen LogP contribution >= 0.6 is 0 Å². The minimum Gasteiger partial charge on any atom is -0.480 e. The molecule has 0 bridgehead atoms. The van der Waals surface area contributed by atoms with E-state index in [1.54, 1.807) is 12.1 Å². The fourth-order valence-corrected chi connectivity index (χ4v) is 1.36. The monoisotopic (exact) mass is 254 g/mol. The lowest BCUT2D eigenvalue weighted by Crippen LogP contribution is -2.37. The van der Waals surface area contributed by atoms with Crippen molar-refractivity contribution in [3.8, 4) is 0 Å². The highest BCUT2D eigenvalue weighted by Gasteiger charge is 2.15. The summed E-state index contributed by atoms with van der Waals surface area (Å²) in [7, 11) is 0. The van der Waals surface area contributed by atoms with Crippen LogP contribution < -0.4 is 11.1 Å². The zero-order chi connectivity index (χ0) is 13.5. The van der Waals surface area contributed by atoms with Crippen LogP contribution in [0, 0.1) is 5.82 Å². The van der Waals surface area contributed by atoms with Crippen LogP contribution in [0.4, 0.5) is 4.39 Å². The molecule has 0 aliphatic heterocycles. The molecule has 0 aromatic heterocycles.